The molecule has 1 aromatic carbocycles. The maximum Gasteiger partial charge on any atom is 0.147 e. The molecule has 0 bridgehead atoms. The minimum absolute atomic E-state index is 0.0462. The Hall–Kier alpha value is -1.49. The molecule has 106 valence electrons. The lowest BCUT2D eigenvalue weighted by molar-refractivity contribution is 0.273. The van der Waals surface area contributed by atoms with Crippen LogP contribution in [0.2, 0.25) is 10.0 Å². The van der Waals surface area contributed by atoms with Gasteiger partial charge in [0, 0.05) is 0 Å². The van der Waals surface area contributed by atoms with Crippen LogP contribution < -0.4 is 11.1 Å². The molecule has 0 spiro atoms. The smallest absolute Gasteiger partial charge is 0.147 e. The summed E-state index contributed by atoms with van der Waals surface area (Å²) in [7, 11) is 0. The van der Waals surface area contributed by atoms with E-state index in [1.54, 1.807) is 0 Å². The number of nitrogen functional groups attached to an aromatic ring is 1. The van der Waals surface area contributed by atoms with Gasteiger partial charge in [-0.15, -0.1) is 0 Å². The topological polar surface area (TPSA) is 71.2 Å². The number of benzene rings is 1. The van der Waals surface area contributed by atoms with Crippen molar-refractivity contribution >= 4 is 34.8 Å². The van der Waals surface area contributed by atoms with Crippen molar-refractivity contribution < 1.29 is 5.11 Å². The molecule has 20 heavy (non-hydrogen) atoms. The van der Waals surface area contributed by atoms with Crippen LogP contribution in [-0.2, 0) is 6.42 Å². The molecule has 0 aliphatic rings. The Morgan fingerprint density at radius 3 is 2.55 bits per heavy atom. The summed E-state index contributed by atoms with van der Waals surface area (Å²) >= 11 is 11.9. The first-order chi connectivity index (χ1) is 9.60. The van der Waals surface area contributed by atoms with E-state index >= 15 is 0 Å². The molecule has 2 aromatic rings. The summed E-state index contributed by atoms with van der Waals surface area (Å²) in [4.78, 5) is 4.09. The van der Waals surface area contributed by atoms with Gasteiger partial charge in [0.2, 0.25) is 0 Å². The molecular weight excluding hydrogens is 297 g/mol. The fraction of sp³-hybridized carbons (Fsp3) is 0.214. The van der Waals surface area contributed by atoms with E-state index < -0.39 is 0 Å². The quantitative estimate of drug-likeness (QED) is 0.794. The van der Waals surface area contributed by atoms with Crippen molar-refractivity contribution in [2.24, 2.45) is 0 Å². The van der Waals surface area contributed by atoms with Crippen molar-refractivity contribution in [2.75, 3.05) is 17.7 Å². The highest BCUT2D eigenvalue weighted by Crippen LogP contribution is 2.28. The zero-order valence-electron chi connectivity index (χ0n) is 10.7. The molecule has 6 heteroatoms. The number of halogens is 2. The summed E-state index contributed by atoms with van der Waals surface area (Å²) in [5.41, 5.74) is 6.76. The zero-order valence-corrected chi connectivity index (χ0v) is 12.2. The van der Waals surface area contributed by atoms with Crippen LogP contribution in [0.25, 0.3) is 0 Å². The molecule has 1 aromatic heterocycles. The lowest BCUT2D eigenvalue weighted by Gasteiger charge is -2.18. The normalized spacial score (nSPS) is 12.2. The highest BCUT2D eigenvalue weighted by atomic mass is 35.5. The van der Waals surface area contributed by atoms with Crippen LogP contribution in [-0.4, -0.2) is 22.7 Å². The van der Waals surface area contributed by atoms with E-state index in [1.807, 2.05) is 30.3 Å². The first-order valence-corrected chi connectivity index (χ1v) is 6.88. The Morgan fingerprint density at radius 2 is 1.90 bits per heavy atom. The SMILES string of the molecule is Nc1nc(NC(CO)Cc2ccccc2)c(Cl)cc1Cl. The summed E-state index contributed by atoms with van der Waals surface area (Å²) in [5.74, 6) is 0.624. The number of anilines is 2. The molecule has 1 heterocycles. The molecule has 4 N–H and O–H groups in total. The molecule has 0 aliphatic heterocycles. The lowest BCUT2D eigenvalue weighted by Crippen LogP contribution is -2.27. The fourth-order valence-corrected chi connectivity index (χ4v) is 2.25. The van der Waals surface area contributed by atoms with E-state index in [0.29, 0.717) is 22.3 Å². The monoisotopic (exact) mass is 311 g/mol. The second kappa shape index (κ2) is 6.79. The number of rotatable bonds is 5. The standard InChI is InChI=1S/C14H15Cl2N3O/c15-11-7-12(16)14(19-13(11)17)18-10(8-20)6-9-4-2-1-3-5-9/h1-5,7,10,20H,6,8H2,(H3,17,18,19). The lowest BCUT2D eigenvalue weighted by atomic mass is 10.1. The van der Waals surface area contributed by atoms with Gasteiger partial charge in [0.25, 0.3) is 0 Å². The number of nitrogens with two attached hydrogens (primary N) is 1. The summed E-state index contributed by atoms with van der Waals surface area (Å²) in [5, 5.41) is 13.2. The molecule has 0 saturated heterocycles. The van der Waals surface area contributed by atoms with Crippen molar-refractivity contribution in [1.29, 1.82) is 0 Å². The number of aromatic nitrogens is 1. The van der Waals surface area contributed by atoms with Crippen molar-refractivity contribution in [3.8, 4) is 0 Å². The van der Waals surface area contributed by atoms with Crippen LogP contribution in [0, 0.1) is 0 Å². The molecular formula is C14H15Cl2N3O. The number of pyridine rings is 1. The summed E-state index contributed by atoms with van der Waals surface area (Å²) < 4.78 is 0. The minimum Gasteiger partial charge on any atom is -0.394 e. The van der Waals surface area contributed by atoms with Crippen LogP contribution >= 0.6 is 23.2 Å². The maximum absolute atomic E-state index is 9.47. The Morgan fingerprint density at radius 1 is 1.20 bits per heavy atom. The molecule has 1 atom stereocenters. The van der Waals surface area contributed by atoms with E-state index in [4.69, 9.17) is 28.9 Å². The van der Waals surface area contributed by atoms with Gasteiger partial charge in [-0.1, -0.05) is 53.5 Å². The first kappa shape index (κ1) is 14.9. The van der Waals surface area contributed by atoms with Crippen LogP contribution in [0.4, 0.5) is 11.6 Å². The van der Waals surface area contributed by atoms with Crippen LogP contribution in [0.15, 0.2) is 36.4 Å². The largest absolute Gasteiger partial charge is 0.394 e. The predicted octanol–water partition coefficient (Wildman–Crippen LogP) is 2.99. The molecule has 4 nitrogen and oxygen atoms in total. The molecule has 0 saturated carbocycles. The average molecular weight is 312 g/mol. The summed E-state index contributed by atoms with van der Waals surface area (Å²) in [6.45, 7) is -0.0462. The Labute approximate surface area is 127 Å². The summed E-state index contributed by atoms with van der Waals surface area (Å²) in [6.07, 6.45) is 0.651. The third-order valence-electron chi connectivity index (χ3n) is 2.84. The zero-order chi connectivity index (χ0) is 14.5. The van der Waals surface area contributed by atoms with Gasteiger partial charge in [-0.05, 0) is 18.1 Å². The van der Waals surface area contributed by atoms with Gasteiger partial charge in [-0.25, -0.2) is 4.98 Å². The number of hydrogen-bond acceptors (Lipinski definition) is 4. The number of aliphatic hydroxyl groups is 1. The summed E-state index contributed by atoms with van der Waals surface area (Å²) in [6, 6.07) is 11.2. The predicted molar refractivity (Wildman–Crippen MR) is 83.3 cm³/mol. The molecule has 0 amide bonds. The number of nitrogens with one attached hydrogen (secondary N) is 1. The number of nitrogens with zero attached hydrogens (tertiary/aromatic N) is 1. The molecule has 0 aliphatic carbocycles. The van der Waals surface area contributed by atoms with Crippen molar-refractivity contribution in [1.82, 2.24) is 4.98 Å². The molecule has 0 radical (unpaired) electrons. The minimum atomic E-state index is -0.206. The highest BCUT2D eigenvalue weighted by molar-refractivity contribution is 6.37. The van der Waals surface area contributed by atoms with Crippen LogP contribution in [0.3, 0.4) is 0 Å². The fourth-order valence-electron chi connectivity index (χ4n) is 1.84. The van der Waals surface area contributed by atoms with Gasteiger partial charge in [0.1, 0.15) is 11.6 Å². The molecule has 0 fully saturated rings. The first-order valence-electron chi connectivity index (χ1n) is 6.13. The van der Waals surface area contributed by atoms with Crippen LogP contribution in [0.1, 0.15) is 5.56 Å². The Kier molecular flexibility index (Phi) is 5.06. The highest BCUT2D eigenvalue weighted by Gasteiger charge is 2.13. The number of hydrogen-bond donors (Lipinski definition) is 3. The molecule has 2 rings (SSSR count). The van der Waals surface area contributed by atoms with Crippen molar-refractivity contribution in [3.63, 3.8) is 0 Å². The third kappa shape index (κ3) is 3.76. The second-order valence-electron chi connectivity index (χ2n) is 4.40. The van der Waals surface area contributed by atoms with Gasteiger partial charge in [0.15, 0.2) is 0 Å². The van der Waals surface area contributed by atoms with E-state index in [9.17, 15) is 5.11 Å². The molecule has 1 unspecified atom stereocenters. The van der Waals surface area contributed by atoms with E-state index in [1.165, 1.54) is 6.07 Å². The Bertz CT molecular complexity index is 578. The van der Waals surface area contributed by atoms with Gasteiger partial charge < -0.3 is 16.2 Å². The second-order valence-corrected chi connectivity index (χ2v) is 5.21. The van der Waals surface area contributed by atoms with Gasteiger partial charge in [-0.3, -0.25) is 0 Å². The van der Waals surface area contributed by atoms with E-state index in [0.717, 1.165) is 5.56 Å². The van der Waals surface area contributed by atoms with Crippen LogP contribution in [0.5, 0.6) is 0 Å². The van der Waals surface area contributed by atoms with Crippen molar-refractivity contribution in [2.45, 2.75) is 12.5 Å². The number of aliphatic hydroxyl groups excluding tert-OH is 1. The maximum atomic E-state index is 9.47. The van der Waals surface area contributed by atoms with E-state index in [-0.39, 0.29) is 18.5 Å². The Balaban J connectivity index is 2.12. The van der Waals surface area contributed by atoms with Gasteiger partial charge in [0.05, 0.1) is 22.7 Å². The average Bonchev–Trinajstić information content (AvgIpc) is 2.45. The van der Waals surface area contributed by atoms with Gasteiger partial charge in [-0.2, -0.15) is 0 Å². The van der Waals surface area contributed by atoms with Crippen molar-refractivity contribution in [3.05, 3.63) is 52.0 Å². The van der Waals surface area contributed by atoms with Gasteiger partial charge >= 0.3 is 0 Å². The van der Waals surface area contributed by atoms with E-state index in [2.05, 4.69) is 10.3 Å². The third-order valence-corrected chi connectivity index (χ3v) is 3.43.